The second-order valence-corrected chi connectivity index (χ2v) is 8.49. The van der Waals surface area contributed by atoms with Crippen LogP contribution in [-0.2, 0) is 15.8 Å². The summed E-state index contributed by atoms with van der Waals surface area (Å²) in [6.07, 6.45) is 1.20. The molecule has 0 unspecified atom stereocenters. The molecule has 1 aromatic carbocycles. The molecule has 2 aromatic rings. The molecule has 0 spiro atoms. The molecule has 0 radical (unpaired) electrons. The highest BCUT2D eigenvalue weighted by molar-refractivity contribution is 7.88. The van der Waals surface area contributed by atoms with Crippen LogP contribution in [0.4, 0.5) is 4.39 Å². The molecule has 6 nitrogen and oxygen atoms in total. The first-order valence-electron chi connectivity index (χ1n) is 8.53. The zero-order chi connectivity index (χ0) is 18.7. The maximum absolute atomic E-state index is 13.3. The van der Waals surface area contributed by atoms with Crippen LogP contribution < -0.4 is 4.74 Å². The lowest BCUT2D eigenvalue weighted by Crippen LogP contribution is -2.44. The SMILES string of the molecule is Cc1cc(O[C@@H]2CCCN(S(=O)(=O)Cc3cccc(F)c3)C2)nc(C)n1. The second kappa shape index (κ2) is 7.67. The highest BCUT2D eigenvalue weighted by Gasteiger charge is 2.30. The van der Waals surface area contributed by atoms with Gasteiger partial charge < -0.3 is 4.74 Å². The smallest absolute Gasteiger partial charge is 0.218 e. The third-order valence-corrected chi connectivity index (χ3v) is 6.02. The Labute approximate surface area is 153 Å². The van der Waals surface area contributed by atoms with Gasteiger partial charge in [0, 0.05) is 18.3 Å². The first-order chi connectivity index (χ1) is 12.3. The summed E-state index contributed by atoms with van der Waals surface area (Å²) in [7, 11) is -3.54. The summed E-state index contributed by atoms with van der Waals surface area (Å²) in [5, 5.41) is 0. The first-order valence-corrected chi connectivity index (χ1v) is 10.1. The Bertz CT molecular complexity index is 869. The predicted octanol–water partition coefficient (Wildman–Crippen LogP) is 2.61. The van der Waals surface area contributed by atoms with Gasteiger partial charge in [0.05, 0.1) is 12.3 Å². The number of ether oxygens (including phenoxy) is 1. The number of halogens is 1. The molecule has 1 fully saturated rings. The Morgan fingerprint density at radius 2 is 2.08 bits per heavy atom. The molecule has 0 aliphatic carbocycles. The van der Waals surface area contributed by atoms with Crippen LogP contribution >= 0.6 is 0 Å². The molecule has 3 rings (SSSR count). The monoisotopic (exact) mass is 379 g/mol. The summed E-state index contributed by atoms with van der Waals surface area (Å²) >= 11 is 0. The van der Waals surface area contributed by atoms with Crippen molar-refractivity contribution >= 4 is 10.0 Å². The molecular weight excluding hydrogens is 357 g/mol. The molecular formula is C18H22FN3O3S. The van der Waals surface area contributed by atoms with E-state index in [1.165, 1.54) is 22.5 Å². The third-order valence-electron chi connectivity index (χ3n) is 4.20. The molecule has 2 heterocycles. The fourth-order valence-corrected chi connectivity index (χ4v) is 4.68. The average Bonchev–Trinajstić information content (AvgIpc) is 2.53. The van der Waals surface area contributed by atoms with Gasteiger partial charge in [-0.05, 0) is 44.4 Å². The van der Waals surface area contributed by atoms with E-state index >= 15 is 0 Å². The Hall–Kier alpha value is -2.06. The molecule has 0 N–H and O–H groups in total. The fourth-order valence-electron chi connectivity index (χ4n) is 3.10. The van der Waals surface area contributed by atoms with Gasteiger partial charge in [-0.1, -0.05) is 12.1 Å². The lowest BCUT2D eigenvalue weighted by molar-refractivity contribution is 0.124. The average molecular weight is 379 g/mol. The molecule has 1 aliphatic rings. The zero-order valence-corrected chi connectivity index (χ0v) is 15.7. The molecule has 1 aliphatic heterocycles. The van der Waals surface area contributed by atoms with Crippen molar-refractivity contribution in [2.24, 2.45) is 0 Å². The minimum absolute atomic E-state index is 0.219. The first kappa shape index (κ1) is 18.7. The fraction of sp³-hybridized carbons (Fsp3) is 0.444. The number of piperidine rings is 1. The normalized spacial score (nSPS) is 18.7. The predicted molar refractivity (Wildman–Crippen MR) is 95.8 cm³/mol. The van der Waals surface area contributed by atoms with Gasteiger partial charge in [-0.2, -0.15) is 9.29 Å². The number of hydrogen-bond acceptors (Lipinski definition) is 5. The molecule has 1 atom stereocenters. The minimum Gasteiger partial charge on any atom is -0.473 e. The Morgan fingerprint density at radius 3 is 2.81 bits per heavy atom. The summed E-state index contributed by atoms with van der Waals surface area (Å²) in [4.78, 5) is 8.46. The van der Waals surface area contributed by atoms with Crippen molar-refractivity contribution in [2.75, 3.05) is 13.1 Å². The van der Waals surface area contributed by atoms with E-state index in [1.54, 1.807) is 19.1 Å². The summed E-state index contributed by atoms with van der Waals surface area (Å²) in [5.41, 5.74) is 1.24. The summed E-state index contributed by atoms with van der Waals surface area (Å²) in [5.74, 6) is 0.422. The van der Waals surface area contributed by atoms with Gasteiger partial charge >= 0.3 is 0 Å². The van der Waals surface area contributed by atoms with Crippen molar-refractivity contribution in [3.05, 3.63) is 53.2 Å². The molecule has 26 heavy (non-hydrogen) atoms. The summed E-state index contributed by atoms with van der Waals surface area (Å²) < 4.78 is 46.0. The molecule has 1 aromatic heterocycles. The van der Waals surface area contributed by atoms with E-state index in [1.807, 2.05) is 6.92 Å². The third kappa shape index (κ3) is 4.76. The lowest BCUT2D eigenvalue weighted by Gasteiger charge is -2.32. The van der Waals surface area contributed by atoms with E-state index in [-0.39, 0.29) is 18.4 Å². The second-order valence-electron chi connectivity index (χ2n) is 6.52. The maximum atomic E-state index is 13.3. The number of sulfonamides is 1. The number of aromatic nitrogens is 2. The molecule has 0 saturated carbocycles. The Morgan fingerprint density at radius 1 is 1.27 bits per heavy atom. The summed E-state index contributed by atoms with van der Waals surface area (Å²) in [6, 6.07) is 7.43. The van der Waals surface area contributed by atoms with Crippen molar-refractivity contribution in [1.82, 2.24) is 14.3 Å². The van der Waals surface area contributed by atoms with E-state index in [0.29, 0.717) is 30.2 Å². The van der Waals surface area contributed by atoms with E-state index in [9.17, 15) is 12.8 Å². The number of aryl methyl sites for hydroxylation is 2. The number of benzene rings is 1. The molecule has 140 valence electrons. The van der Waals surface area contributed by atoms with Crippen molar-refractivity contribution in [3.8, 4) is 5.88 Å². The highest BCUT2D eigenvalue weighted by atomic mass is 32.2. The van der Waals surface area contributed by atoms with Crippen LogP contribution in [0.2, 0.25) is 0 Å². The van der Waals surface area contributed by atoms with Crippen LogP contribution in [0.3, 0.4) is 0 Å². The standard InChI is InChI=1S/C18H22FN3O3S/c1-13-9-18(21-14(2)20-13)25-17-7-4-8-22(11-17)26(23,24)12-15-5-3-6-16(19)10-15/h3,5-6,9-10,17H,4,7-8,11-12H2,1-2H3/t17-/m1/s1. The van der Waals surface area contributed by atoms with Crippen molar-refractivity contribution in [2.45, 2.75) is 38.5 Å². The van der Waals surface area contributed by atoms with Crippen LogP contribution in [0.25, 0.3) is 0 Å². The van der Waals surface area contributed by atoms with Crippen molar-refractivity contribution in [1.29, 1.82) is 0 Å². The minimum atomic E-state index is -3.54. The van der Waals surface area contributed by atoms with Crippen molar-refractivity contribution in [3.63, 3.8) is 0 Å². The number of rotatable bonds is 5. The van der Waals surface area contributed by atoms with Crippen LogP contribution in [-0.4, -0.2) is 41.9 Å². The van der Waals surface area contributed by atoms with E-state index in [4.69, 9.17) is 4.74 Å². The van der Waals surface area contributed by atoms with Crippen molar-refractivity contribution < 1.29 is 17.5 Å². The Kier molecular flexibility index (Phi) is 5.52. The van der Waals surface area contributed by atoms with Crippen LogP contribution in [0.1, 0.15) is 29.9 Å². The lowest BCUT2D eigenvalue weighted by atomic mass is 10.1. The molecule has 0 bridgehead atoms. The van der Waals surface area contributed by atoms with E-state index < -0.39 is 15.8 Å². The largest absolute Gasteiger partial charge is 0.473 e. The van der Waals surface area contributed by atoms with E-state index in [2.05, 4.69) is 9.97 Å². The molecule has 8 heteroatoms. The zero-order valence-electron chi connectivity index (χ0n) is 14.9. The number of nitrogens with zero attached hydrogens (tertiary/aromatic N) is 3. The van der Waals surface area contributed by atoms with Gasteiger partial charge in [0.25, 0.3) is 0 Å². The van der Waals surface area contributed by atoms with Gasteiger partial charge in [-0.15, -0.1) is 0 Å². The summed E-state index contributed by atoms with van der Waals surface area (Å²) in [6.45, 7) is 4.35. The van der Waals surface area contributed by atoms with Crippen LogP contribution in [0.15, 0.2) is 30.3 Å². The van der Waals surface area contributed by atoms with E-state index in [0.717, 1.165) is 12.1 Å². The number of hydrogen-bond donors (Lipinski definition) is 0. The van der Waals surface area contributed by atoms with Crippen LogP contribution in [0, 0.1) is 19.7 Å². The Balaban J connectivity index is 1.69. The maximum Gasteiger partial charge on any atom is 0.218 e. The molecule has 0 amide bonds. The van der Waals surface area contributed by atoms with Gasteiger partial charge in [0.2, 0.25) is 15.9 Å². The quantitative estimate of drug-likeness (QED) is 0.798. The van der Waals surface area contributed by atoms with Gasteiger partial charge in [0.1, 0.15) is 17.7 Å². The topological polar surface area (TPSA) is 72.4 Å². The van der Waals surface area contributed by atoms with Crippen LogP contribution in [0.5, 0.6) is 5.88 Å². The highest BCUT2D eigenvalue weighted by Crippen LogP contribution is 2.21. The molecule has 1 saturated heterocycles. The van der Waals surface area contributed by atoms with Gasteiger partial charge in [-0.3, -0.25) is 0 Å². The van der Waals surface area contributed by atoms with Gasteiger partial charge in [-0.25, -0.2) is 17.8 Å². The van der Waals surface area contributed by atoms with Gasteiger partial charge in [0.15, 0.2) is 0 Å².